The Morgan fingerprint density at radius 2 is 1.75 bits per heavy atom. The van der Waals surface area contributed by atoms with E-state index < -0.39 is 10.0 Å². The minimum atomic E-state index is -3.69. The third-order valence-corrected chi connectivity index (χ3v) is 4.21. The van der Waals surface area contributed by atoms with Crippen molar-refractivity contribution in [3.63, 3.8) is 0 Å². The second-order valence-electron chi connectivity index (χ2n) is 4.52. The number of benzene rings is 2. The zero-order valence-corrected chi connectivity index (χ0v) is 12.1. The Hall–Kier alpha value is -2.14. The van der Waals surface area contributed by atoms with Crippen LogP contribution in [0, 0.1) is 6.92 Å². The fourth-order valence-corrected chi connectivity index (χ4v) is 3.05. The van der Waals surface area contributed by atoms with E-state index in [1.807, 2.05) is 13.0 Å². The molecule has 0 amide bonds. The normalized spacial score (nSPS) is 11.1. The lowest BCUT2D eigenvalue weighted by Gasteiger charge is -2.11. The molecule has 4 nitrogen and oxygen atoms in total. The van der Waals surface area contributed by atoms with Gasteiger partial charge in [0, 0.05) is 5.56 Å². The van der Waals surface area contributed by atoms with Crippen molar-refractivity contribution in [3.05, 3.63) is 59.7 Å². The molecule has 0 saturated heterocycles. The van der Waals surface area contributed by atoms with Gasteiger partial charge < -0.3 is 0 Å². The molecule has 2 aromatic carbocycles. The van der Waals surface area contributed by atoms with Crippen LogP contribution in [0.2, 0.25) is 0 Å². The highest BCUT2D eigenvalue weighted by molar-refractivity contribution is 7.92. The summed E-state index contributed by atoms with van der Waals surface area (Å²) < 4.78 is 27.1. The number of hydrogen-bond acceptors (Lipinski definition) is 3. The molecule has 0 spiro atoms. The molecule has 0 atom stereocenters. The van der Waals surface area contributed by atoms with Crippen LogP contribution in [0.15, 0.2) is 53.4 Å². The molecule has 0 fully saturated rings. The first-order valence-corrected chi connectivity index (χ1v) is 7.58. The molecule has 0 bridgehead atoms. The molecule has 1 N–H and O–H groups in total. The molecule has 2 rings (SSSR count). The number of para-hydroxylation sites is 1. The highest BCUT2D eigenvalue weighted by atomic mass is 32.2. The zero-order chi connectivity index (χ0) is 14.8. The first-order chi connectivity index (χ1) is 9.40. The van der Waals surface area contributed by atoms with Crippen molar-refractivity contribution < 1.29 is 13.2 Å². The number of sulfonamides is 1. The molecule has 0 unspecified atom stereocenters. The fraction of sp³-hybridized carbons (Fsp3) is 0.133. The minimum Gasteiger partial charge on any atom is -0.294 e. The van der Waals surface area contributed by atoms with Gasteiger partial charge in [0.2, 0.25) is 0 Å². The van der Waals surface area contributed by atoms with Gasteiger partial charge in [-0.05, 0) is 43.7 Å². The molecular formula is C15H15NO3S. The molecule has 104 valence electrons. The summed E-state index contributed by atoms with van der Waals surface area (Å²) in [6, 6.07) is 13.1. The van der Waals surface area contributed by atoms with Gasteiger partial charge in [-0.15, -0.1) is 0 Å². The van der Waals surface area contributed by atoms with Crippen LogP contribution in [0.3, 0.4) is 0 Å². The van der Waals surface area contributed by atoms with Crippen molar-refractivity contribution >= 4 is 21.5 Å². The van der Waals surface area contributed by atoms with E-state index in [0.29, 0.717) is 11.3 Å². The van der Waals surface area contributed by atoms with Crippen LogP contribution in [0.5, 0.6) is 0 Å². The van der Waals surface area contributed by atoms with Crippen LogP contribution in [0.4, 0.5) is 5.69 Å². The highest BCUT2D eigenvalue weighted by Crippen LogP contribution is 2.20. The van der Waals surface area contributed by atoms with E-state index in [1.165, 1.54) is 13.0 Å². The number of rotatable bonds is 4. The van der Waals surface area contributed by atoms with Crippen LogP contribution in [0.1, 0.15) is 22.8 Å². The van der Waals surface area contributed by atoms with Crippen molar-refractivity contribution in [2.45, 2.75) is 18.7 Å². The molecule has 5 heteroatoms. The Kier molecular flexibility index (Phi) is 3.90. The number of carbonyl (C=O) groups excluding carboxylic acids is 1. The first kappa shape index (κ1) is 14.3. The Labute approximate surface area is 118 Å². The zero-order valence-electron chi connectivity index (χ0n) is 11.3. The smallest absolute Gasteiger partial charge is 0.261 e. The Morgan fingerprint density at radius 3 is 2.40 bits per heavy atom. The largest absolute Gasteiger partial charge is 0.294 e. The van der Waals surface area contributed by atoms with Crippen LogP contribution in [-0.4, -0.2) is 14.2 Å². The molecule has 0 aliphatic carbocycles. The first-order valence-electron chi connectivity index (χ1n) is 6.09. The van der Waals surface area contributed by atoms with Crippen LogP contribution >= 0.6 is 0 Å². The lowest BCUT2D eigenvalue weighted by Crippen LogP contribution is -2.15. The SMILES string of the molecule is CC(=O)c1ccccc1NS(=O)(=O)c1cccc(C)c1. The van der Waals surface area contributed by atoms with E-state index in [9.17, 15) is 13.2 Å². The van der Waals surface area contributed by atoms with Gasteiger partial charge in [0.1, 0.15) is 0 Å². The van der Waals surface area contributed by atoms with Gasteiger partial charge in [-0.3, -0.25) is 9.52 Å². The Balaban J connectivity index is 2.41. The molecule has 2 aromatic rings. The van der Waals surface area contributed by atoms with Crippen LogP contribution in [-0.2, 0) is 10.0 Å². The predicted molar refractivity (Wildman–Crippen MR) is 78.4 cm³/mol. The standard InChI is InChI=1S/C15H15NO3S/c1-11-6-5-7-13(10-11)20(18,19)16-15-9-4-3-8-14(15)12(2)17/h3-10,16H,1-2H3. The summed E-state index contributed by atoms with van der Waals surface area (Å²) in [6.07, 6.45) is 0. The molecule has 0 aromatic heterocycles. The average molecular weight is 289 g/mol. The van der Waals surface area contributed by atoms with Crippen molar-refractivity contribution in [3.8, 4) is 0 Å². The summed E-state index contributed by atoms with van der Waals surface area (Å²) in [7, 11) is -3.69. The maximum absolute atomic E-state index is 12.3. The number of hydrogen-bond donors (Lipinski definition) is 1. The highest BCUT2D eigenvalue weighted by Gasteiger charge is 2.17. The lowest BCUT2D eigenvalue weighted by atomic mass is 10.1. The summed E-state index contributed by atoms with van der Waals surface area (Å²) in [5.74, 6) is -0.187. The maximum Gasteiger partial charge on any atom is 0.261 e. The quantitative estimate of drug-likeness (QED) is 0.880. The van der Waals surface area contributed by atoms with Crippen LogP contribution in [0.25, 0.3) is 0 Å². The van der Waals surface area contributed by atoms with Crippen LogP contribution < -0.4 is 4.72 Å². The Bertz CT molecular complexity index is 751. The second kappa shape index (κ2) is 5.46. The monoisotopic (exact) mass is 289 g/mol. The summed E-state index contributed by atoms with van der Waals surface area (Å²) >= 11 is 0. The maximum atomic E-state index is 12.3. The van der Waals surface area contributed by atoms with Gasteiger partial charge in [-0.2, -0.15) is 0 Å². The van der Waals surface area contributed by atoms with E-state index in [0.717, 1.165) is 5.56 Å². The van der Waals surface area contributed by atoms with Gasteiger partial charge >= 0.3 is 0 Å². The van der Waals surface area contributed by atoms with Gasteiger partial charge in [-0.25, -0.2) is 8.42 Å². The summed E-state index contributed by atoms with van der Waals surface area (Å²) in [5.41, 5.74) is 1.50. The molecular weight excluding hydrogens is 274 g/mol. The van der Waals surface area contributed by atoms with Gasteiger partial charge in [0.05, 0.1) is 10.6 Å². The van der Waals surface area contributed by atoms with E-state index in [4.69, 9.17) is 0 Å². The number of ketones is 1. The molecule has 0 saturated carbocycles. The van der Waals surface area contributed by atoms with E-state index in [-0.39, 0.29) is 10.7 Å². The molecule has 0 radical (unpaired) electrons. The number of nitrogens with one attached hydrogen (secondary N) is 1. The van der Waals surface area contributed by atoms with E-state index in [1.54, 1.807) is 36.4 Å². The summed E-state index contributed by atoms with van der Waals surface area (Å²) in [6.45, 7) is 3.22. The van der Waals surface area contributed by atoms with Gasteiger partial charge in [0.25, 0.3) is 10.0 Å². The Morgan fingerprint density at radius 1 is 1.05 bits per heavy atom. The minimum absolute atomic E-state index is 0.177. The third-order valence-electron chi connectivity index (χ3n) is 2.85. The van der Waals surface area contributed by atoms with Gasteiger partial charge in [0.15, 0.2) is 5.78 Å². The van der Waals surface area contributed by atoms with Crippen molar-refractivity contribution in [2.24, 2.45) is 0 Å². The topological polar surface area (TPSA) is 63.2 Å². The van der Waals surface area contributed by atoms with E-state index in [2.05, 4.69) is 4.72 Å². The lowest BCUT2D eigenvalue weighted by molar-refractivity contribution is 0.101. The molecule has 0 heterocycles. The average Bonchev–Trinajstić information content (AvgIpc) is 2.38. The molecule has 20 heavy (non-hydrogen) atoms. The number of carbonyl (C=O) groups is 1. The van der Waals surface area contributed by atoms with Gasteiger partial charge in [-0.1, -0.05) is 24.3 Å². The summed E-state index contributed by atoms with van der Waals surface area (Å²) in [5, 5.41) is 0. The number of Topliss-reactive ketones (excluding diaryl/α,β-unsaturated/α-hetero) is 1. The summed E-state index contributed by atoms with van der Waals surface area (Å²) in [4.78, 5) is 11.7. The predicted octanol–water partition coefficient (Wildman–Crippen LogP) is 3.00. The van der Waals surface area contributed by atoms with E-state index >= 15 is 0 Å². The fourth-order valence-electron chi connectivity index (χ4n) is 1.87. The number of anilines is 1. The third kappa shape index (κ3) is 3.05. The van der Waals surface area contributed by atoms with Crippen molar-refractivity contribution in [1.82, 2.24) is 0 Å². The van der Waals surface area contributed by atoms with Crippen molar-refractivity contribution in [1.29, 1.82) is 0 Å². The second-order valence-corrected chi connectivity index (χ2v) is 6.21. The number of aryl methyl sites for hydroxylation is 1. The molecule has 0 aliphatic heterocycles. The van der Waals surface area contributed by atoms with Crippen molar-refractivity contribution in [2.75, 3.05) is 4.72 Å². The molecule has 0 aliphatic rings.